The van der Waals surface area contributed by atoms with Gasteiger partial charge in [0.15, 0.2) is 0 Å². The average molecular weight is 530 g/mol. The van der Waals surface area contributed by atoms with Crippen molar-refractivity contribution in [3.8, 4) is 5.75 Å². The molecule has 0 saturated carbocycles. The van der Waals surface area contributed by atoms with Crippen LogP contribution in [0.4, 0.5) is 5.69 Å². The highest BCUT2D eigenvalue weighted by Crippen LogP contribution is 2.25. The highest BCUT2D eigenvalue weighted by molar-refractivity contribution is 7.92. The predicted octanol–water partition coefficient (Wildman–Crippen LogP) is 3.71. The van der Waals surface area contributed by atoms with Crippen molar-refractivity contribution in [2.75, 3.05) is 31.3 Å². The molecule has 2 amide bonds. The van der Waals surface area contributed by atoms with Crippen molar-refractivity contribution in [3.63, 3.8) is 0 Å². The molecule has 0 heterocycles. The van der Waals surface area contributed by atoms with Gasteiger partial charge in [-0.05, 0) is 43.2 Å². The van der Waals surface area contributed by atoms with Gasteiger partial charge >= 0.3 is 0 Å². The maximum Gasteiger partial charge on any atom is 0.242 e. The predicted molar refractivity (Wildman–Crippen MR) is 135 cm³/mol. The summed E-state index contributed by atoms with van der Waals surface area (Å²) in [7, 11) is -0.602. The van der Waals surface area contributed by atoms with Gasteiger partial charge in [-0.2, -0.15) is 0 Å². The summed E-state index contributed by atoms with van der Waals surface area (Å²) in [5.74, 6) is -0.110. The van der Waals surface area contributed by atoms with Crippen molar-refractivity contribution in [1.29, 1.82) is 0 Å². The van der Waals surface area contributed by atoms with Crippen LogP contribution in [0.15, 0.2) is 42.5 Å². The lowest BCUT2D eigenvalue weighted by Crippen LogP contribution is -2.46. The molecule has 0 unspecified atom stereocenters. The van der Waals surface area contributed by atoms with E-state index in [4.69, 9.17) is 27.9 Å². The number of rotatable bonds is 11. The van der Waals surface area contributed by atoms with Gasteiger partial charge in [0.25, 0.3) is 0 Å². The first-order chi connectivity index (χ1) is 16.0. The van der Waals surface area contributed by atoms with Gasteiger partial charge in [-0.1, -0.05) is 35.3 Å². The van der Waals surface area contributed by atoms with Crippen LogP contribution in [0.2, 0.25) is 10.0 Å². The molecule has 1 N–H and O–H groups in total. The zero-order valence-corrected chi connectivity index (χ0v) is 21.9. The van der Waals surface area contributed by atoms with Crippen molar-refractivity contribution >= 4 is 50.7 Å². The van der Waals surface area contributed by atoms with E-state index in [0.717, 1.165) is 6.26 Å². The number of anilines is 1. The Morgan fingerprint density at radius 1 is 1.15 bits per heavy atom. The Kier molecular flexibility index (Phi) is 10.0. The summed E-state index contributed by atoms with van der Waals surface area (Å²) in [6, 6.07) is 10.9. The molecule has 2 aromatic rings. The number of nitrogens with zero attached hydrogens (tertiary/aromatic N) is 2. The van der Waals surface area contributed by atoms with E-state index in [-0.39, 0.29) is 37.7 Å². The molecule has 0 radical (unpaired) electrons. The molecule has 34 heavy (non-hydrogen) atoms. The first kappa shape index (κ1) is 27.8. The molecule has 0 bridgehead atoms. The van der Waals surface area contributed by atoms with Gasteiger partial charge in [0.2, 0.25) is 21.8 Å². The molecule has 0 aliphatic carbocycles. The molecule has 0 aromatic heterocycles. The van der Waals surface area contributed by atoms with Crippen LogP contribution >= 0.6 is 23.2 Å². The topological polar surface area (TPSA) is 96.0 Å². The van der Waals surface area contributed by atoms with E-state index in [1.807, 2.05) is 0 Å². The third-order valence-corrected chi connectivity index (χ3v) is 7.04. The van der Waals surface area contributed by atoms with Gasteiger partial charge in [-0.25, -0.2) is 8.42 Å². The maximum absolute atomic E-state index is 13.1. The SMILES string of the molecule is CNC(=O)[C@@H](C)N(Cc1ccc(Cl)cc1Cl)C(=O)CCCN(c1cccc(OC)c1)S(C)(=O)=O. The number of carbonyl (C=O) groups is 2. The average Bonchev–Trinajstić information content (AvgIpc) is 2.79. The van der Waals surface area contributed by atoms with Crippen LogP contribution in [0.1, 0.15) is 25.3 Å². The van der Waals surface area contributed by atoms with Gasteiger partial charge < -0.3 is 15.0 Å². The molecule has 186 valence electrons. The number of hydrogen-bond acceptors (Lipinski definition) is 5. The number of likely N-dealkylation sites (N-methyl/N-ethyl adjacent to an activating group) is 1. The van der Waals surface area contributed by atoms with E-state index in [1.54, 1.807) is 49.4 Å². The largest absolute Gasteiger partial charge is 0.497 e. The second-order valence-corrected chi connectivity index (χ2v) is 10.4. The number of sulfonamides is 1. The molecule has 8 nitrogen and oxygen atoms in total. The lowest BCUT2D eigenvalue weighted by Gasteiger charge is -2.29. The van der Waals surface area contributed by atoms with Crippen LogP contribution in [0.5, 0.6) is 5.75 Å². The van der Waals surface area contributed by atoms with Crippen LogP contribution in [0.25, 0.3) is 0 Å². The quantitative estimate of drug-likeness (QED) is 0.478. The Labute approximate surface area is 210 Å². The third-order valence-electron chi connectivity index (χ3n) is 5.26. The molecule has 0 saturated heterocycles. The molecule has 0 spiro atoms. The zero-order valence-electron chi connectivity index (χ0n) is 19.5. The monoisotopic (exact) mass is 529 g/mol. The standard InChI is InChI=1S/C23H29Cl2N3O5S/c1-16(23(30)26-2)27(15-17-10-11-18(24)13-21(17)25)22(29)9-6-12-28(34(4,31)32)19-7-5-8-20(14-19)33-3/h5,7-8,10-11,13-14,16H,6,9,12,15H2,1-4H3,(H,26,30)/t16-/m1/s1. The van der Waals surface area contributed by atoms with Gasteiger partial charge in [-0.3, -0.25) is 13.9 Å². The van der Waals surface area contributed by atoms with Gasteiger partial charge in [0, 0.05) is 42.7 Å². The van der Waals surface area contributed by atoms with E-state index in [9.17, 15) is 18.0 Å². The van der Waals surface area contributed by atoms with Crippen molar-refractivity contribution < 1.29 is 22.7 Å². The van der Waals surface area contributed by atoms with E-state index in [0.29, 0.717) is 27.0 Å². The van der Waals surface area contributed by atoms with Crippen LogP contribution in [-0.2, 0) is 26.2 Å². The van der Waals surface area contributed by atoms with Crippen LogP contribution in [-0.4, -0.2) is 58.1 Å². The number of methoxy groups -OCH3 is 1. The summed E-state index contributed by atoms with van der Waals surface area (Å²) in [4.78, 5) is 26.9. The van der Waals surface area contributed by atoms with Crippen LogP contribution < -0.4 is 14.4 Å². The second-order valence-electron chi connectivity index (χ2n) is 7.69. The van der Waals surface area contributed by atoms with Gasteiger partial charge in [-0.15, -0.1) is 0 Å². The minimum absolute atomic E-state index is 0.0303. The Bertz CT molecular complexity index is 1130. The van der Waals surface area contributed by atoms with E-state index < -0.39 is 16.1 Å². The highest BCUT2D eigenvalue weighted by atomic mass is 35.5. The van der Waals surface area contributed by atoms with Gasteiger partial charge in [0.1, 0.15) is 11.8 Å². The van der Waals surface area contributed by atoms with Crippen LogP contribution in [0.3, 0.4) is 0 Å². The molecule has 0 aliphatic heterocycles. The molecule has 1 atom stereocenters. The third kappa shape index (κ3) is 7.51. The fraction of sp³-hybridized carbons (Fsp3) is 0.391. The van der Waals surface area contributed by atoms with E-state index >= 15 is 0 Å². The minimum atomic E-state index is -3.59. The number of amides is 2. The molecule has 2 rings (SSSR count). The first-order valence-corrected chi connectivity index (χ1v) is 13.1. The zero-order chi connectivity index (χ0) is 25.5. The highest BCUT2D eigenvalue weighted by Gasteiger charge is 2.26. The molecule has 0 aliphatic rings. The van der Waals surface area contributed by atoms with Crippen LogP contribution in [0, 0.1) is 0 Å². The number of ether oxygens (including phenoxy) is 1. The number of carbonyl (C=O) groups excluding carboxylic acids is 2. The molecular weight excluding hydrogens is 501 g/mol. The lowest BCUT2D eigenvalue weighted by molar-refractivity contribution is -0.140. The summed E-state index contributed by atoms with van der Waals surface area (Å²) >= 11 is 12.2. The van der Waals surface area contributed by atoms with E-state index in [1.165, 1.54) is 23.4 Å². The smallest absolute Gasteiger partial charge is 0.242 e. The van der Waals surface area contributed by atoms with Gasteiger partial charge in [0.05, 0.1) is 19.1 Å². The lowest BCUT2D eigenvalue weighted by atomic mass is 10.1. The maximum atomic E-state index is 13.1. The fourth-order valence-electron chi connectivity index (χ4n) is 3.39. The summed E-state index contributed by atoms with van der Waals surface area (Å²) in [5.41, 5.74) is 1.09. The first-order valence-electron chi connectivity index (χ1n) is 10.5. The molecule has 0 fully saturated rings. The Morgan fingerprint density at radius 2 is 1.85 bits per heavy atom. The summed E-state index contributed by atoms with van der Waals surface area (Å²) in [5, 5.41) is 3.40. The number of halogens is 2. The molecular formula is C23H29Cl2N3O5S. The Hall–Kier alpha value is -2.49. The normalized spacial score (nSPS) is 12.1. The Morgan fingerprint density at radius 3 is 2.44 bits per heavy atom. The van der Waals surface area contributed by atoms with Crippen molar-refractivity contribution in [1.82, 2.24) is 10.2 Å². The summed E-state index contributed by atoms with van der Waals surface area (Å²) < 4.78 is 31.2. The summed E-state index contributed by atoms with van der Waals surface area (Å²) in [6.07, 6.45) is 1.38. The second kappa shape index (κ2) is 12.3. The number of benzene rings is 2. The van der Waals surface area contributed by atoms with Crippen molar-refractivity contribution in [3.05, 3.63) is 58.1 Å². The molecule has 11 heteroatoms. The van der Waals surface area contributed by atoms with E-state index in [2.05, 4.69) is 5.32 Å². The molecule has 2 aromatic carbocycles. The Balaban J connectivity index is 2.18. The van der Waals surface area contributed by atoms with Crippen molar-refractivity contribution in [2.45, 2.75) is 32.4 Å². The number of nitrogens with one attached hydrogen (secondary N) is 1. The summed E-state index contributed by atoms with van der Waals surface area (Å²) in [6.45, 7) is 1.82. The minimum Gasteiger partial charge on any atom is -0.497 e. The number of hydrogen-bond donors (Lipinski definition) is 1. The fourth-order valence-corrected chi connectivity index (χ4v) is 4.82. The van der Waals surface area contributed by atoms with Crippen molar-refractivity contribution in [2.24, 2.45) is 0 Å².